The zero-order valence-electron chi connectivity index (χ0n) is 32.7. The molecule has 2 N–H and O–H groups in total. The third kappa shape index (κ3) is 6.48. The van der Waals surface area contributed by atoms with Gasteiger partial charge in [-0.3, -0.25) is 34.3 Å². The molecule has 3 saturated heterocycles. The van der Waals surface area contributed by atoms with Gasteiger partial charge in [0.25, 0.3) is 12.3 Å². The summed E-state index contributed by atoms with van der Waals surface area (Å²) in [5.41, 5.74) is 5.51. The van der Waals surface area contributed by atoms with E-state index in [0.29, 0.717) is 69.1 Å². The second-order valence-corrected chi connectivity index (χ2v) is 17.5. The zero-order valence-corrected chi connectivity index (χ0v) is 32.7. The predicted molar refractivity (Wildman–Crippen MR) is 209 cm³/mol. The molecule has 0 bridgehead atoms. The van der Waals surface area contributed by atoms with Crippen molar-refractivity contribution in [2.75, 3.05) is 44.2 Å². The first kappa shape index (κ1) is 38.0. The van der Waals surface area contributed by atoms with Crippen LogP contribution in [-0.2, 0) is 40.4 Å². The Morgan fingerprint density at radius 3 is 2.44 bits per heavy atom. The van der Waals surface area contributed by atoms with Crippen LogP contribution in [0.25, 0.3) is 10.9 Å². The fourth-order valence-corrected chi connectivity index (χ4v) is 10.9. The Hall–Kier alpha value is -5.28. The van der Waals surface area contributed by atoms with E-state index < -0.39 is 42.6 Å². The summed E-state index contributed by atoms with van der Waals surface area (Å²) in [4.78, 5) is 63.4. The van der Waals surface area contributed by atoms with Crippen LogP contribution in [0.5, 0.6) is 0 Å². The van der Waals surface area contributed by atoms with Gasteiger partial charge in [0, 0.05) is 90.6 Å². The van der Waals surface area contributed by atoms with Gasteiger partial charge in [-0.2, -0.15) is 0 Å². The number of aromatic nitrogens is 1. The number of nitrogens with zero attached hydrogens (tertiary/aromatic N) is 5. The molecular formula is C44H45F4N7O4. The third-order valence-electron chi connectivity index (χ3n) is 13.8. The van der Waals surface area contributed by atoms with E-state index in [1.165, 1.54) is 21.9 Å². The lowest BCUT2D eigenvalue weighted by Gasteiger charge is -2.41. The smallest absolute Gasteiger partial charge is 0.255 e. The first-order valence-electron chi connectivity index (χ1n) is 20.5. The number of alkyl halides is 2. The number of anilines is 1. The van der Waals surface area contributed by atoms with Gasteiger partial charge in [-0.05, 0) is 85.7 Å². The third-order valence-corrected chi connectivity index (χ3v) is 13.8. The highest BCUT2D eigenvalue weighted by Gasteiger charge is 2.46. The summed E-state index contributed by atoms with van der Waals surface area (Å²) in [7, 11) is 0. The Bertz CT molecular complexity index is 2420. The van der Waals surface area contributed by atoms with Crippen molar-refractivity contribution in [3.05, 3.63) is 99.2 Å². The highest BCUT2D eigenvalue weighted by molar-refractivity contribution is 6.05. The fourth-order valence-electron chi connectivity index (χ4n) is 10.9. The van der Waals surface area contributed by atoms with Gasteiger partial charge in [0.15, 0.2) is 0 Å². The van der Waals surface area contributed by atoms with E-state index in [-0.39, 0.29) is 54.3 Å². The Morgan fingerprint density at radius 1 is 0.932 bits per heavy atom. The van der Waals surface area contributed by atoms with Gasteiger partial charge in [0.05, 0.1) is 19.1 Å². The van der Waals surface area contributed by atoms with E-state index in [4.69, 9.17) is 0 Å². The van der Waals surface area contributed by atoms with Crippen LogP contribution in [0, 0.1) is 17.0 Å². The maximum atomic E-state index is 16.4. The van der Waals surface area contributed by atoms with Crippen LogP contribution in [-0.4, -0.2) is 106 Å². The number of benzene rings is 3. The number of nitrogens with one attached hydrogen (secondary N) is 2. The molecule has 0 saturated carbocycles. The van der Waals surface area contributed by atoms with Crippen molar-refractivity contribution < 1.29 is 36.7 Å². The lowest BCUT2D eigenvalue weighted by molar-refractivity contribution is -0.137. The lowest BCUT2D eigenvalue weighted by atomic mass is 9.86. The first-order chi connectivity index (χ1) is 28.3. The summed E-state index contributed by atoms with van der Waals surface area (Å²) in [6.07, 6.45) is -0.0766. The van der Waals surface area contributed by atoms with Gasteiger partial charge in [0.1, 0.15) is 17.7 Å². The molecular weight excluding hydrogens is 767 g/mol. The molecule has 4 aromatic rings. The fraction of sp³-hybridized carbons (Fsp3) is 0.455. The van der Waals surface area contributed by atoms with Crippen molar-refractivity contribution in [1.29, 1.82) is 0 Å². The maximum absolute atomic E-state index is 16.4. The van der Waals surface area contributed by atoms with E-state index in [9.17, 15) is 28.0 Å². The SMILES string of the molecule is C[C@@H]1Cc2c([nH]c3ccccc23)[C@@H](c2c(F)cc(N3CCC4(CCN(CC(=O)N5Cc6cc7c(cc6C5)C(=O)N(C5CCC(=O)NC5=O)C7)C4)C3)cc2F)N1CC(F)F. The summed E-state index contributed by atoms with van der Waals surface area (Å²) in [5, 5.41) is 3.26. The number of hydrogen-bond donors (Lipinski definition) is 2. The molecule has 4 amide bonds. The largest absolute Gasteiger partial charge is 0.371 e. The second-order valence-electron chi connectivity index (χ2n) is 17.5. The van der Waals surface area contributed by atoms with Crippen molar-refractivity contribution >= 4 is 40.2 Å². The van der Waals surface area contributed by atoms with Crippen LogP contribution in [0.4, 0.5) is 23.2 Å². The molecule has 4 atom stereocenters. The second kappa shape index (κ2) is 14.2. The summed E-state index contributed by atoms with van der Waals surface area (Å²) >= 11 is 0. The monoisotopic (exact) mass is 811 g/mol. The molecule has 1 spiro atoms. The van der Waals surface area contributed by atoms with Crippen molar-refractivity contribution in [3.8, 4) is 0 Å². The predicted octanol–water partition coefficient (Wildman–Crippen LogP) is 5.25. The van der Waals surface area contributed by atoms with Gasteiger partial charge in [-0.1, -0.05) is 24.3 Å². The first-order valence-corrected chi connectivity index (χ1v) is 20.5. The Morgan fingerprint density at radius 2 is 1.68 bits per heavy atom. The van der Waals surface area contributed by atoms with E-state index in [1.807, 2.05) is 48.2 Å². The van der Waals surface area contributed by atoms with E-state index in [2.05, 4.69) is 15.2 Å². The minimum Gasteiger partial charge on any atom is -0.371 e. The van der Waals surface area contributed by atoms with Crippen LogP contribution >= 0.6 is 0 Å². The van der Waals surface area contributed by atoms with Crippen LogP contribution in [0.3, 0.4) is 0 Å². The van der Waals surface area contributed by atoms with Gasteiger partial charge in [-0.15, -0.1) is 0 Å². The summed E-state index contributed by atoms with van der Waals surface area (Å²) in [5.74, 6) is -2.57. The van der Waals surface area contributed by atoms with Crippen molar-refractivity contribution in [2.45, 2.75) is 83.2 Å². The number of imide groups is 1. The molecule has 7 heterocycles. The average Bonchev–Trinajstić information content (AvgIpc) is 4.03. The van der Waals surface area contributed by atoms with Gasteiger partial charge < -0.3 is 19.7 Å². The molecule has 10 rings (SSSR count). The highest BCUT2D eigenvalue weighted by Crippen LogP contribution is 2.45. The number of piperidine rings is 1. The molecule has 0 radical (unpaired) electrons. The van der Waals surface area contributed by atoms with Gasteiger partial charge in [-0.25, -0.2) is 17.6 Å². The minimum atomic E-state index is -2.68. The number of fused-ring (bicyclic) bond motifs is 5. The normalized spacial score (nSPS) is 25.8. The molecule has 0 aliphatic carbocycles. The van der Waals surface area contributed by atoms with Gasteiger partial charge in [0.2, 0.25) is 17.7 Å². The number of amides is 4. The number of hydrogen-bond acceptors (Lipinski definition) is 7. The van der Waals surface area contributed by atoms with E-state index in [1.54, 1.807) is 4.90 Å². The Balaban J connectivity index is 0.798. The molecule has 3 fully saturated rings. The van der Waals surface area contributed by atoms with Crippen molar-refractivity contribution in [3.63, 3.8) is 0 Å². The lowest BCUT2D eigenvalue weighted by Crippen LogP contribution is -2.52. The minimum absolute atomic E-state index is 0.0134. The topological polar surface area (TPSA) is 112 Å². The summed E-state index contributed by atoms with van der Waals surface area (Å²) in [6.45, 7) is 5.09. The van der Waals surface area contributed by atoms with Gasteiger partial charge >= 0.3 is 0 Å². The number of aromatic amines is 1. The summed E-state index contributed by atoms with van der Waals surface area (Å²) in [6, 6.07) is 12.0. The van der Waals surface area contributed by atoms with E-state index >= 15 is 8.78 Å². The number of para-hydroxylation sites is 1. The molecule has 1 aromatic heterocycles. The molecule has 308 valence electrons. The molecule has 11 nitrogen and oxygen atoms in total. The number of likely N-dealkylation sites (tertiary alicyclic amines) is 1. The molecule has 3 aromatic carbocycles. The quantitative estimate of drug-likeness (QED) is 0.194. The number of carbonyl (C=O) groups excluding carboxylic acids is 4. The number of carbonyl (C=O) groups is 4. The van der Waals surface area contributed by atoms with Crippen LogP contribution in [0.1, 0.15) is 82.5 Å². The molecule has 6 aliphatic rings. The van der Waals surface area contributed by atoms with E-state index in [0.717, 1.165) is 46.0 Å². The molecule has 15 heteroatoms. The van der Waals surface area contributed by atoms with Crippen molar-refractivity contribution in [2.24, 2.45) is 5.41 Å². The Labute approximate surface area is 338 Å². The zero-order chi connectivity index (χ0) is 40.9. The van der Waals surface area contributed by atoms with Crippen LogP contribution in [0.15, 0.2) is 48.5 Å². The summed E-state index contributed by atoms with van der Waals surface area (Å²) < 4.78 is 60.6. The molecule has 59 heavy (non-hydrogen) atoms. The standard InChI is InChI=1S/C44H45F4N7O4/c1-24-12-31-29-4-2-3-5-34(29)49-40(31)41(54(24)20-36(47)48)39-32(45)15-28(16-33(39)46)52-11-9-44(23-52)8-10-51(22-44)21-38(57)53-17-25-13-27-19-55(35-6-7-37(56)50-42(35)58)43(59)30(27)14-26(25)18-53/h2-5,13-16,24,35-36,41,49H,6-12,17-23H2,1H3,(H,50,56,58)/t24-,35?,41-,44?/m1/s1. The highest BCUT2D eigenvalue weighted by atomic mass is 19.3. The number of H-pyrrole nitrogens is 1. The van der Waals surface area contributed by atoms with Crippen LogP contribution in [0.2, 0.25) is 0 Å². The number of halogens is 4. The molecule has 6 aliphatic heterocycles. The maximum Gasteiger partial charge on any atom is 0.255 e. The average molecular weight is 812 g/mol. The number of rotatable bonds is 7. The van der Waals surface area contributed by atoms with Crippen molar-refractivity contribution in [1.82, 2.24) is 29.9 Å². The molecule has 2 unspecified atom stereocenters. The Kier molecular flexibility index (Phi) is 9.12. The van der Waals surface area contributed by atoms with Crippen LogP contribution < -0.4 is 10.2 Å².